The van der Waals surface area contributed by atoms with Gasteiger partial charge in [0.2, 0.25) is 0 Å². The number of hydrogen-bond acceptors (Lipinski definition) is 3. The third-order valence-electron chi connectivity index (χ3n) is 4.12. The number of carbonyl (C=O) groups is 1. The van der Waals surface area contributed by atoms with Gasteiger partial charge in [0.1, 0.15) is 6.61 Å². The van der Waals surface area contributed by atoms with Crippen molar-refractivity contribution in [3.05, 3.63) is 23.8 Å². The summed E-state index contributed by atoms with van der Waals surface area (Å²) in [4.78, 5) is 11.0. The van der Waals surface area contributed by atoms with E-state index in [2.05, 4.69) is 27.4 Å². The third-order valence-corrected chi connectivity index (χ3v) is 4.12. The van der Waals surface area contributed by atoms with Crippen LogP contribution in [0.5, 0.6) is 0 Å². The largest absolute Gasteiger partial charge is 0.461 e. The predicted octanol–water partition coefficient (Wildman–Crippen LogP) is 2.85. The van der Waals surface area contributed by atoms with Crippen LogP contribution in [0.1, 0.15) is 40.5 Å². The van der Waals surface area contributed by atoms with Crippen LogP contribution < -0.4 is 0 Å². The molecule has 3 heteroatoms. The number of rotatable bonds is 4. The molecule has 1 rings (SSSR count). The molecule has 0 aromatic rings. The summed E-state index contributed by atoms with van der Waals surface area (Å²) >= 11 is 0. The monoisotopic (exact) mass is 252 g/mol. The van der Waals surface area contributed by atoms with Gasteiger partial charge in [-0.15, -0.1) is 6.58 Å². The van der Waals surface area contributed by atoms with E-state index >= 15 is 0 Å². The molecule has 0 fully saturated rings. The Hall–Kier alpha value is -1.09. The van der Waals surface area contributed by atoms with E-state index in [1.807, 2.05) is 0 Å². The smallest absolute Gasteiger partial charge is 0.302 e. The van der Waals surface area contributed by atoms with Gasteiger partial charge in [0.15, 0.2) is 0 Å². The first kappa shape index (κ1) is 15.0. The summed E-state index contributed by atoms with van der Waals surface area (Å²) < 4.78 is 5.14. The van der Waals surface area contributed by atoms with Crippen molar-refractivity contribution in [3.8, 4) is 0 Å². The molecule has 0 saturated carbocycles. The van der Waals surface area contributed by atoms with Gasteiger partial charge in [-0.25, -0.2) is 0 Å². The molecule has 0 aromatic heterocycles. The van der Waals surface area contributed by atoms with E-state index < -0.39 is 6.10 Å². The molecule has 0 bridgehead atoms. The molecule has 1 aliphatic carbocycles. The van der Waals surface area contributed by atoms with Crippen molar-refractivity contribution in [3.63, 3.8) is 0 Å². The summed E-state index contributed by atoms with van der Waals surface area (Å²) in [5.74, 6) is -0.137. The minimum Gasteiger partial charge on any atom is -0.461 e. The lowest BCUT2D eigenvalue weighted by atomic mass is 9.63. The van der Waals surface area contributed by atoms with Crippen LogP contribution in [0.15, 0.2) is 23.8 Å². The van der Waals surface area contributed by atoms with Crippen LogP contribution in [-0.4, -0.2) is 23.8 Å². The number of allylic oxidation sites excluding steroid dienone is 1. The molecule has 1 N–H and O–H groups in total. The lowest BCUT2D eigenvalue weighted by Crippen LogP contribution is -2.39. The lowest BCUT2D eigenvalue weighted by molar-refractivity contribution is -0.140. The van der Waals surface area contributed by atoms with Crippen molar-refractivity contribution >= 4 is 5.97 Å². The Morgan fingerprint density at radius 1 is 1.67 bits per heavy atom. The lowest BCUT2D eigenvalue weighted by Gasteiger charge is -2.43. The fraction of sp³-hybridized carbons (Fsp3) is 0.667. The zero-order valence-electron chi connectivity index (χ0n) is 11.8. The van der Waals surface area contributed by atoms with Crippen molar-refractivity contribution < 1.29 is 14.6 Å². The molecular weight excluding hydrogens is 228 g/mol. The molecule has 0 radical (unpaired) electrons. The Morgan fingerprint density at radius 2 is 2.28 bits per heavy atom. The third kappa shape index (κ3) is 3.02. The SMILES string of the molecule is C=C[C@H](O)[C@@H]1CCC(C)=C(COC(C)=O)C1(C)C. The average molecular weight is 252 g/mol. The van der Waals surface area contributed by atoms with Gasteiger partial charge in [0.05, 0.1) is 6.10 Å². The normalized spacial score (nSPS) is 24.6. The fourth-order valence-electron chi connectivity index (χ4n) is 2.90. The minimum absolute atomic E-state index is 0.129. The topological polar surface area (TPSA) is 46.5 Å². The van der Waals surface area contributed by atoms with E-state index in [0.717, 1.165) is 18.4 Å². The van der Waals surface area contributed by atoms with Crippen molar-refractivity contribution in [2.75, 3.05) is 6.61 Å². The predicted molar refractivity (Wildman–Crippen MR) is 72.0 cm³/mol. The second-order valence-electron chi connectivity index (χ2n) is 5.63. The van der Waals surface area contributed by atoms with Crippen LogP contribution in [0.25, 0.3) is 0 Å². The zero-order valence-corrected chi connectivity index (χ0v) is 11.8. The molecule has 0 aromatic carbocycles. The highest BCUT2D eigenvalue weighted by Gasteiger charge is 2.40. The van der Waals surface area contributed by atoms with Crippen molar-refractivity contribution in [2.45, 2.75) is 46.6 Å². The van der Waals surface area contributed by atoms with Gasteiger partial charge in [0, 0.05) is 6.92 Å². The highest BCUT2D eigenvalue weighted by Crippen LogP contribution is 2.46. The number of aliphatic hydroxyl groups is 1. The van der Waals surface area contributed by atoms with E-state index in [9.17, 15) is 9.90 Å². The number of ether oxygens (including phenoxy) is 1. The first-order valence-corrected chi connectivity index (χ1v) is 6.43. The van der Waals surface area contributed by atoms with Crippen LogP contribution >= 0.6 is 0 Å². The Bertz CT molecular complexity index is 366. The Morgan fingerprint density at radius 3 is 2.78 bits per heavy atom. The standard InChI is InChI=1S/C15H24O3/c1-6-14(17)12-8-7-10(2)13(15(12,4)5)9-18-11(3)16/h6,12,14,17H,1,7-9H2,2-5H3/t12-,14-/m0/s1. The second kappa shape index (κ2) is 5.70. The molecule has 0 aliphatic heterocycles. The van der Waals surface area contributed by atoms with Gasteiger partial charge in [-0.2, -0.15) is 0 Å². The maximum absolute atomic E-state index is 11.0. The highest BCUT2D eigenvalue weighted by molar-refractivity contribution is 5.66. The summed E-state index contributed by atoms with van der Waals surface area (Å²) in [6.45, 7) is 11.7. The van der Waals surface area contributed by atoms with Gasteiger partial charge in [-0.3, -0.25) is 4.79 Å². The Kier molecular flexibility index (Phi) is 4.74. The van der Waals surface area contributed by atoms with E-state index in [0.29, 0.717) is 6.61 Å². The van der Waals surface area contributed by atoms with E-state index in [1.54, 1.807) is 6.08 Å². The van der Waals surface area contributed by atoms with Gasteiger partial charge < -0.3 is 9.84 Å². The number of hydrogen-bond donors (Lipinski definition) is 1. The molecule has 1 aliphatic rings. The highest BCUT2D eigenvalue weighted by atomic mass is 16.5. The maximum Gasteiger partial charge on any atom is 0.302 e. The maximum atomic E-state index is 11.0. The number of aliphatic hydroxyl groups excluding tert-OH is 1. The second-order valence-corrected chi connectivity index (χ2v) is 5.63. The van der Waals surface area contributed by atoms with Crippen LogP contribution in [0.4, 0.5) is 0 Å². The van der Waals surface area contributed by atoms with Crippen molar-refractivity contribution in [1.29, 1.82) is 0 Å². The van der Waals surface area contributed by atoms with Gasteiger partial charge in [-0.1, -0.05) is 25.5 Å². The molecule has 0 unspecified atom stereocenters. The summed E-state index contributed by atoms with van der Waals surface area (Å²) in [5, 5.41) is 10.1. The molecule has 2 atom stereocenters. The minimum atomic E-state index is -0.513. The van der Waals surface area contributed by atoms with Gasteiger partial charge in [0.25, 0.3) is 0 Å². The summed E-state index contributed by atoms with van der Waals surface area (Å²) in [6.07, 6.45) is 2.96. The number of esters is 1. The van der Waals surface area contributed by atoms with Crippen LogP contribution in [0.3, 0.4) is 0 Å². The van der Waals surface area contributed by atoms with Gasteiger partial charge >= 0.3 is 5.97 Å². The molecule has 0 saturated heterocycles. The Balaban J connectivity index is 2.97. The van der Waals surface area contributed by atoms with Crippen LogP contribution in [0.2, 0.25) is 0 Å². The van der Waals surface area contributed by atoms with Gasteiger partial charge in [-0.05, 0) is 36.7 Å². The number of carbonyl (C=O) groups excluding carboxylic acids is 1. The average Bonchev–Trinajstić information content (AvgIpc) is 2.26. The summed E-state index contributed by atoms with van der Waals surface area (Å²) in [7, 11) is 0. The summed E-state index contributed by atoms with van der Waals surface area (Å²) in [6, 6.07) is 0. The fourth-order valence-corrected chi connectivity index (χ4v) is 2.90. The molecule has 0 spiro atoms. The van der Waals surface area contributed by atoms with E-state index in [1.165, 1.54) is 12.5 Å². The molecule has 0 heterocycles. The van der Waals surface area contributed by atoms with E-state index in [4.69, 9.17) is 4.74 Å². The molecule has 102 valence electrons. The molecular formula is C15H24O3. The van der Waals surface area contributed by atoms with Crippen LogP contribution in [0, 0.1) is 11.3 Å². The molecule has 18 heavy (non-hydrogen) atoms. The molecule has 0 amide bonds. The van der Waals surface area contributed by atoms with Crippen LogP contribution in [-0.2, 0) is 9.53 Å². The first-order chi connectivity index (χ1) is 8.30. The summed E-state index contributed by atoms with van der Waals surface area (Å²) in [5.41, 5.74) is 2.23. The molecule has 3 nitrogen and oxygen atoms in total. The zero-order chi connectivity index (χ0) is 13.9. The van der Waals surface area contributed by atoms with E-state index in [-0.39, 0.29) is 17.3 Å². The quantitative estimate of drug-likeness (QED) is 0.618. The first-order valence-electron chi connectivity index (χ1n) is 6.43. The Labute approximate surface area is 110 Å². The van der Waals surface area contributed by atoms with Crippen molar-refractivity contribution in [2.24, 2.45) is 11.3 Å². The van der Waals surface area contributed by atoms with Crippen molar-refractivity contribution in [1.82, 2.24) is 0 Å².